The van der Waals surface area contributed by atoms with Crippen molar-refractivity contribution in [3.05, 3.63) is 130 Å². The molecule has 0 fully saturated rings. The van der Waals surface area contributed by atoms with Gasteiger partial charge in [0.2, 0.25) is 0 Å². The van der Waals surface area contributed by atoms with Gasteiger partial charge in [0.15, 0.2) is 0 Å². The lowest BCUT2D eigenvalue weighted by Crippen LogP contribution is -2.12. The number of hydrogen-bond acceptors (Lipinski definition) is 4. The van der Waals surface area contributed by atoms with E-state index in [9.17, 15) is 9.59 Å². The maximum Gasteiger partial charge on any atom is 0.336 e. The van der Waals surface area contributed by atoms with Crippen LogP contribution in [0.2, 0.25) is 10.0 Å². The van der Waals surface area contributed by atoms with Crippen LogP contribution in [0.5, 0.6) is 11.5 Å². The van der Waals surface area contributed by atoms with Crippen LogP contribution < -0.4 is 14.8 Å². The number of carbonyl (C=O) groups excluding carboxylic acids is 2. The number of hydrogen-bond donors (Lipinski definition) is 1. The van der Waals surface area contributed by atoms with Gasteiger partial charge in [-0.3, -0.25) is 4.79 Å². The van der Waals surface area contributed by atoms with Crippen molar-refractivity contribution < 1.29 is 19.1 Å². The number of carbonyl (C=O) groups is 2. The molecule has 180 valence electrons. The van der Waals surface area contributed by atoms with Gasteiger partial charge >= 0.3 is 5.97 Å². The molecule has 0 saturated carbocycles. The second-order valence-electron chi connectivity index (χ2n) is 7.70. The topological polar surface area (TPSA) is 64.6 Å². The minimum absolute atomic E-state index is 0.312. The SMILES string of the molecule is O=C(/C=C/c1ccc(OCc2ccccc2)cc1)Oc1ccc(C(=O)Nc2cc(Cl)ccc2Cl)cc1. The molecule has 1 N–H and O–H groups in total. The summed E-state index contributed by atoms with van der Waals surface area (Å²) in [4.78, 5) is 24.7. The van der Waals surface area contributed by atoms with Crippen molar-refractivity contribution in [1.29, 1.82) is 0 Å². The maximum atomic E-state index is 12.5. The summed E-state index contributed by atoms with van der Waals surface area (Å²) in [5, 5.41) is 3.53. The fourth-order valence-electron chi connectivity index (χ4n) is 3.19. The van der Waals surface area contributed by atoms with Crippen molar-refractivity contribution in [2.45, 2.75) is 6.61 Å². The quantitative estimate of drug-likeness (QED) is 0.150. The number of ether oxygens (including phenoxy) is 2. The van der Waals surface area contributed by atoms with Crippen molar-refractivity contribution in [2.24, 2.45) is 0 Å². The lowest BCUT2D eigenvalue weighted by Gasteiger charge is -2.08. The molecule has 0 heterocycles. The predicted molar refractivity (Wildman–Crippen MR) is 143 cm³/mol. The Balaban J connectivity index is 1.28. The van der Waals surface area contributed by atoms with Gasteiger partial charge in [-0.1, -0.05) is 65.7 Å². The lowest BCUT2D eigenvalue weighted by atomic mass is 10.2. The third-order valence-corrected chi connectivity index (χ3v) is 5.62. The molecule has 5 nitrogen and oxygen atoms in total. The van der Waals surface area contributed by atoms with E-state index in [1.165, 1.54) is 6.08 Å². The zero-order valence-corrected chi connectivity index (χ0v) is 20.5. The van der Waals surface area contributed by atoms with Crippen molar-refractivity contribution in [2.75, 3.05) is 5.32 Å². The van der Waals surface area contributed by atoms with E-state index in [4.69, 9.17) is 32.7 Å². The van der Waals surface area contributed by atoms with E-state index in [0.717, 1.165) is 16.9 Å². The maximum absolute atomic E-state index is 12.5. The molecular weight excluding hydrogens is 497 g/mol. The summed E-state index contributed by atoms with van der Waals surface area (Å²) in [6, 6.07) is 28.3. The summed E-state index contributed by atoms with van der Waals surface area (Å²) in [6.45, 7) is 0.483. The van der Waals surface area contributed by atoms with Crippen molar-refractivity contribution >= 4 is 46.8 Å². The Morgan fingerprint density at radius 1 is 0.806 bits per heavy atom. The van der Waals surface area contributed by atoms with Gasteiger partial charge in [-0.2, -0.15) is 0 Å². The summed E-state index contributed by atoms with van der Waals surface area (Å²) >= 11 is 12.0. The van der Waals surface area contributed by atoms with Gasteiger partial charge in [0.1, 0.15) is 18.1 Å². The predicted octanol–water partition coefficient (Wildman–Crippen LogP) is 7.44. The Morgan fingerprint density at radius 2 is 1.50 bits per heavy atom. The molecule has 1 amide bonds. The van der Waals surface area contributed by atoms with E-state index in [0.29, 0.717) is 33.7 Å². The number of anilines is 1. The van der Waals surface area contributed by atoms with Crippen LogP contribution in [0.3, 0.4) is 0 Å². The summed E-state index contributed by atoms with van der Waals surface area (Å²) in [7, 11) is 0. The largest absolute Gasteiger partial charge is 0.489 e. The molecule has 0 atom stereocenters. The molecule has 4 aromatic carbocycles. The monoisotopic (exact) mass is 517 g/mol. The molecule has 0 aromatic heterocycles. The number of rotatable bonds is 8. The lowest BCUT2D eigenvalue weighted by molar-refractivity contribution is -0.128. The summed E-state index contributed by atoms with van der Waals surface area (Å²) in [6.07, 6.45) is 2.99. The molecule has 0 radical (unpaired) electrons. The fourth-order valence-corrected chi connectivity index (χ4v) is 3.53. The van der Waals surface area contributed by atoms with Crippen molar-refractivity contribution in [3.8, 4) is 11.5 Å². The molecule has 0 aliphatic heterocycles. The molecule has 0 aliphatic rings. The summed E-state index contributed by atoms with van der Waals surface area (Å²) < 4.78 is 11.1. The van der Waals surface area contributed by atoms with E-state index in [1.54, 1.807) is 48.5 Å². The molecule has 4 rings (SSSR count). The third kappa shape index (κ3) is 7.22. The Bertz CT molecular complexity index is 1370. The van der Waals surface area contributed by atoms with Crippen LogP contribution in [0, 0.1) is 0 Å². The van der Waals surface area contributed by atoms with E-state index in [2.05, 4.69) is 5.32 Å². The minimum atomic E-state index is -0.540. The third-order valence-electron chi connectivity index (χ3n) is 5.05. The highest BCUT2D eigenvalue weighted by Gasteiger charge is 2.10. The Kier molecular flexibility index (Phi) is 8.40. The van der Waals surface area contributed by atoms with E-state index in [-0.39, 0.29) is 5.91 Å². The average molecular weight is 518 g/mol. The number of benzene rings is 4. The van der Waals surface area contributed by atoms with Crippen LogP contribution >= 0.6 is 23.2 Å². The fraction of sp³-hybridized carbons (Fsp3) is 0.0345. The smallest absolute Gasteiger partial charge is 0.336 e. The van der Waals surface area contributed by atoms with Gasteiger partial charge in [0.25, 0.3) is 5.91 Å². The van der Waals surface area contributed by atoms with Gasteiger partial charge in [-0.05, 0) is 71.8 Å². The van der Waals surface area contributed by atoms with Gasteiger partial charge in [-0.25, -0.2) is 4.79 Å². The molecular formula is C29H21Cl2NO4. The van der Waals surface area contributed by atoms with Gasteiger partial charge in [0, 0.05) is 16.7 Å². The highest BCUT2D eigenvalue weighted by molar-refractivity contribution is 6.35. The standard InChI is InChI=1S/C29H21Cl2NO4/c30-23-11-16-26(31)27(18-23)32-29(34)22-9-14-25(15-10-22)36-28(33)17-8-20-6-12-24(13-7-20)35-19-21-4-2-1-3-5-21/h1-18H,19H2,(H,32,34)/b17-8+. The molecule has 4 aromatic rings. The first-order valence-corrected chi connectivity index (χ1v) is 11.7. The second kappa shape index (κ2) is 12.1. The van der Waals surface area contributed by atoms with Crippen LogP contribution in [-0.4, -0.2) is 11.9 Å². The van der Waals surface area contributed by atoms with Crippen molar-refractivity contribution in [3.63, 3.8) is 0 Å². The second-order valence-corrected chi connectivity index (χ2v) is 8.54. The molecule has 0 bridgehead atoms. The van der Waals surface area contributed by atoms with Crippen LogP contribution in [0.25, 0.3) is 6.08 Å². The van der Waals surface area contributed by atoms with Crippen molar-refractivity contribution in [1.82, 2.24) is 0 Å². The minimum Gasteiger partial charge on any atom is -0.489 e. The van der Waals surface area contributed by atoms with E-state index in [1.807, 2.05) is 54.6 Å². The molecule has 0 unspecified atom stereocenters. The van der Waals surface area contributed by atoms with Crippen LogP contribution in [0.1, 0.15) is 21.5 Å². The molecule has 36 heavy (non-hydrogen) atoms. The molecule has 0 aliphatic carbocycles. The number of halogens is 2. The Hall–Kier alpha value is -4.06. The number of esters is 1. The van der Waals surface area contributed by atoms with Gasteiger partial charge in [0.05, 0.1) is 10.7 Å². The van der Waals surface area contributed by atoms with Gasteiger partial charge < -0.3 is 14.8 Å². The van der Waals surface area contributed by atoms with E-state index < -0.39 is 5.97 Å². The zero-order valence-electron chi connectivity index (χ0n) is 19.0. The first kappa shape index (κ1) is 25.0. The van der Waals surface area contributed by atoms with Crippen LogP contribution in [-0.2, 0) is 11.4 Å². The first-order valence-electron chi connectivity index (χ1n) is 11.0. The Morgan fingerprint density at radius 3 is 2.22 bits per heavy atom. The first-order chi connectivity index (χ1) is 17.5. The summed E-state index contributed by atoms with van der Waals surface area (Å²) in [5.74, 6) is 0.141. The number of amides is 1. The molecule has 0 saturated heterocycles. The molecule has 0 spiro atoms. The van der Waals surface area contributed by atoms with Crippen LogP contribution in [0.15, 0.2) is 103 Å². The normalized spacial score (nSPS) is 10.7. The van der Waals surface area contributed by atoms with E-state index >= 15 is 0 Å². The average Bonchev–Trinajstić information content (AvgIpc) is 2.90. The summed E-state index contributed by atoms with van der Waals surface area (Å²) in [5.41, 5.74) is 2.69. The van der Waals surface area contributed by atoms with Crippen LogP contribution in [0.4, 0.5) is 5.69 Å². The van der Waals surface area contributed by atoms with Gasteiger partial charge in [-0.15, -0.1) is 0 Å². The highest BCUT2D eigenvalue weighted by Crippen LogP contribution is 2.26. The zero-order chi connectivity index (χ0) is 25.3. The number of nitrogens with one attached hydrogen (secondary N) is 1. The molecule has 7 heteroatoms. The highest BCUT2D eigenvalue weighted by atomic mass is 35.5. The Labute approximate surface area is 218 Å².